The van der Waals surface area contributed by atoms with Gasteiger partial charge in [0, 0.05) is 18.3 Å². The van der Waals surface area contributed by atoms with E-state index in [1.165, 1.54) is 50.1 Å². The number of benzene rings is 1. The van der Waals surface area contributed by atoms with Gasteiger partial charge < -0.3 is 10.2 Å². The van der Waals surface area contributed by atoms with Crippen molar-refractivity contribution in [2.24, 2.45) is 5.92 Å². The van der Waals surface area contributed by atoms with E-state index in [9.17, 15) is 0 Å². The molecule has 1 fully saturated rings. The first-order chi connectivity index (χ1) is 8.34. The van der Waals surface area contributed by atoms with Crippen molar-refractivity contribution in [2.45, 2.75) is 32.2 Å². The molecular weight excluding hydrogens is 208 g/mol. The Hall–Kier alpha value is -1.02. The molecule has 1 aromatic carbocycles. The molecule has 2 aliphatic heterocycles. The van der Waals surface area contributed by atoms with E-state index in [0.717, 1.165) is 5.92 Å². The number of rotatable bonds is 2. The Bertz CT molecular complexity index is 382. The summed E-state index contributed by atoms with van der Waals surface area (Å²) in [7, 11) is 0. The number of hydrogen-bond acceptors (Lipinski definition) is 2. The number of para-hydroxylation sites is 1. The maximum absolute atomic E-state index is 3.52. The summed E-state index contributed by atoms with van der Waals surface area (Å²) >= 11 is 0. The number of piperidine rings is 1. The summed E-state index contributed by atoms with van der Waals surface area (Å²) in [5, 5.41) is 3.52. The third-order valence-corrected chi connectivity index (χ3v) is 4.20. The van der Waals surface area contributed by atoms with E-state index in [1.807, 2.05) is 0 Å². The zero-order chi connectivity index (χ0) is 11.7. The van der Waals surface area contributed by atoms with E-state index < -0.39 is 0 Å². The first-order valence-electron chi connectivity index (χ1n) is 6.90. The summed E-state index contributed by atoms with van der Waals surface area (Å²) in [5.74, 6) is 0.831. The fraction of sp³-hybridized carbons (Fsp3) is 0.600. The number of anilines is 1. The fourth-order valence-corrected chi connectivity index (χ4v) is 3.27. The number of nitrogens with one attached hydrogen (secondary N) is 1. The summed E-state index contributed by atoms with van der Waals surface area (Å²) in [4.78, 5) is 2.62. The highest BCUT2D eigenvalue weighted by Crippen LogP contribution is 2.32. The standard InChI is InChI=1S/C15H22N2/c1-12-9-14-6-2-3-7-15(14)17(12)11-13-5-4-8-16-10-13/h2-3,6-7,12-13,16H,4-5,8-11H2,1H3. The first kappa shape index (κ1) is 11.1. The molecule has 17 heavy (non-hydrogen) atoms. The first-order valence-corrected chi connectivity index (χ1v) is 6.90. The van der Waals surface area contributed by atoms with Crippen LogP contribution in [-0.4, -0.2) is 25.7 Å². The second kappa shape index (κ2) is 4.69. The smallest absolute Gasteiger partial charge is 0.0402 e. The lowest BCUT2D eigenvalue weighted by Crippen LogP contribution is -2.40. The van der Waals surface area contributed by atoms with E-state index >= 15 is 0 Å². The summed E-state index contributed by atoms with van der Waals surface area (Å²) in [5.41, 5.74) is 3.01. The Morgan fingerprint density at radius 3 is 3.06 bits per heavy atom. The van der Waals surface area contributed by atoms with Crippen LogP contribution >= 0.6 is 0 Å². The molecule has 3 rings (SSSR count). The molecule has 0 amide bonds. The summed E-state index contributed by atoms with van der Waals surface area (Å²) in [6, 6.07) is 9.58. The van der Waals surface area contributed by atoms with Crippen molar-refractivity contribution in [1.29, 1.82) is 0 Å². The summed E-state index contributed by atoms with van der Waals surface area (Å²) in [6.45, 7) is 6.00. The molecule has 0 bridgehead atoms. The minimum Gasteiger partial charge on any atom is -0.368 e. The van der Waals surface area contributed by atoms with Crippen molar-refractivity contribution >= 4 is 5.69 Å². The molecule has 92 valence electrons. The topological polar surface area (TPSA) is 15.3 Å². The van der Waals surface area contributed by atoms with E-state index in [1.54, 1.807) is 0 Å². The molecule has 1 N–H and O–H groups in total. The zero-order valence-electron chi connectivity index (χ0n) is 10.7. The van der Waals surface area contributed by atoms with Crippen LogP contribution in [0.5, 0.6) is 0 Å². The molecule has 0 saturated carbocycles. The summed E-state index contributed by atoms with van der Waals surface area (Å²) in [6.07, 6.45) is 3.95. The van der Waals surface area contributed by atoms with E-state index in [0.29, 0.717) is 6.04 Å². The molecule has 2 nitrogen and oxygen atoms in total. The SMILES string of the molecule is CC1Cc2ccccc2N1CC1CCCNC1. The predicted octanol–water partition coefficient (Wildman–Crippen LogP) is 2.44. The van der Waals surface area contributed by atoms with Gasteiger partial charge in [-0.25, -0.2) is 0 Å². The van der Waals surface area contributed by atoms with Crippen LogP contribution in [0.4, 0.5) is 5.69 Å². The highest BCUT2D eigenvalue weighted by Gasteiger charge is 2.27. The van der Waals surface area contributed by atoms with Gasteiger partial charge in [-0.2, -0.15) is 0 Å². The third kappa shape index (κ3) is 2.19. The lowest BCUT2D eigenvalue weighted by Gasteiger charge is -2.32. The van der Waals surface area contributed by atoms with Crippen molar-refractivity contribution in [2.75, 3.05) is 24.5 Å². The Morgan fingerprint density at radius 2 is 2.24 bits per heavy atom. The number of fused-ring (bicyclic) bond motifs is 1. The average molecular weight is 230 g/mol. The lowest BCUT2D eigenvalue weighted by atomic mass is 9.98. The average Bonchev–Trinajstić information content (AvgIpc) is 2.68. The maximum atomic E-state index is 3.52. The summed E-state index contributed by atoms with van der Waals surface area (Å²) < 4.78 is 0. The lowest BCUT2D eigenvalue weighted by molar-refractivity contribution is 0.372. The van der Waals surface area contributed by atoms with Crippen LogP contribution in [0.2, 0.25) is 0 Å². The van der Waals surface area contributed by atoms with Crippen molar-refractivity contribution in [3.63, 3.8) is 0 Å². The van der Waals surface area contributed by atoms with Gasteiger partial charge in [-0.3, -0.25) is 0 Å². The number of nitrogens with zero attached hydrogens (tertiary/aromatic N) is 1. The molecule has 0 radical (unpaired) electrons. The van der Waals surface area contributed by atoms with E-state index in [4.69, 9.17) is 0 Å². The van der Waals surface area contributed by atoms with Crippen LogP contribution < -0.4 is 10.2 Å². The maximum Gasteiger partial charge on any atom is 0.0402 e. The van der Waals surface area contributed by atoms with E-state index in [-0.39, 0.29) is 0 Å². The van der Waals surface area contributed by atoms with Crippen LogP contribution in [0.15, 0.2) is 24.3 Å². The van der Waals surface area contributed by atoms with Crippen molar-refractivity contribution in [3.05, 3.63) is 29.8 Å². The molecular formula is C15H22N2. The largest absolute Gasteiger partial charge is 0.368 e. The Labute approximate surface area is 104 Å². The minimum atomic E-state index is 0.675. The molecule has 1 aromatic rings. The van der Waals surface area contributed by atoms with Crippen LogP contribution in [0, 0.1) is 5.92 Å². The van der Waals surface area contributed by atoms with Gasteiger partial charge in [-0.05, 0) is 56.8 Å². The Kier molecular flexibility index (Phi) is 3.06. The van der Waals surface area contributed by atoms with E-state index in [2.05, 4.69) is 41.4 Å². The monoisotopic (exact) mass is 230 g/mol. The molecule has 2 unspecified atom stereocenters. The van der Waals surface area contributed by atoms with Crippen molar-refractivity contribution in [1.82, 2.24) is 5.32 Å². The molecule has 0 aromatic heterocycles. The second-order valence-electron chi connectivity index (χ2n) is 5.55. The van der Waals surface area contributed by atoms with Gasteiger partial charge in [-0.15, -0.1) is 0 Å². The van der Waals surface area contributed by atoms with Crippen LogP contribution in [-0.2, 0) is 6.42 Å². The Morgan fingerprint density at radius 1 is 1.35 bits per heavy atom. The van der Waals surface area contributed by atoms with Crippen molar-refractivity contribution < 1.29 is 0 Å². The minimum absolute atomic E-state index is 0.675. The molecule has 2 aliphatic rings. The van der Waals surface area contributed by atoms with Gasteiger partial charge in [-0.1, -0.05) is 18.2 Å². The van der Waals surface area contributed by atoms with Gasteiger partial charge in [0.25, 0.3) is 0 Å². The number of hydrogen-bond donors (Lipinski definition) is 1. The normalized spacial score (nSPS) is 28.2. The molecule has 2 heteroatoms. The van der Waals surface area contributed by atoms with Crippen LogP contribution in [0.3, 0.4) is 0 Å². The van der Waals surface area contributed by atoms with Gasteiger partial charge in [0.2, 0.25) is 0 Å². The second-order valence-corrected chi connectivity index (χ2v) is 5.55. The van der Waals surface area contributed by atoms with Crippen LogP contribution in [0.25, 0.3) is 0 Å². The molecule has 0 aliphatic carbocycles. The molecule has 1 saturated heterocycles. The van der Waals surface area contributed by atoms with Gasteiger partial charge >= 0.3 is 0 Å². The molecule has 2 atom stereocenters. The quantitative estimate of drug-likeness (QED) is 0.839. The molecule has 0 spiro atoms. The van der Waals surface area contributed by atoms with Gasteiger partial charge in [0.1, 0.15) is 0 Å². The highest BCUT2D eigenvalue weighted by atomic mass is 15.2. The molecule has 2 heterocycles. The van der Waals surface area contributed by atoms with Gasteiger partial charge in [0.05, 0.1) is 0 Å². The predicted molar refractivity (Wildman–Crippen MR) is 72.5 cm³/mol. The fourth-order valence-electron chi connectivity index (χ4n) is 3.27. The van der Waals surface area contributed by atoms with Crippen LogP contribution in [0.1, 0.15) is 25.3 Å². The van der Waals surface area contributed by atoms with Crippen molar-refractivity contribution in [3.8, 4) is 0 Å². The Balaban J connectivity index is 1.74. The zero-order valence-corrected chi connectivity index (χ0v) is 10.7. The van der Waals surface area contributed by atoms with Gasteiger partial charge in [0.15, 0.2) is 0 Å². The third-order valence-electron chi connectivity index (χ3n) is 4.20. The highest BCUT2D eigenvalue weighted by molar-refractivity contribution is 5.59.